The lowest BCUT2D eigenvalue weighted by molar-refractivity contribution is 0.0448. The lowest BCUT2D eigenvalue weighted by Crippen LogP contribution is -2.57. The third-order valence-electron chi connectivity index (χ3n) is 5.06. The molecule has 0 aromatic heterocycles. The second-order valence-corrected chi connectivity index (χ2v) is 8.50. The Balaban J connectivity index is 2.63. The molecule has 0 radical (unpaired) electrons. The number of benzene rings is 1. The first-order chi connectivity index (χ1) is 14.6. The van der Waals surface area contributed by atoms with Crippen molar-refractivity contribution in [2.24, 2.45) is 4.99 Å². The summed E-state index contributed by atoms with van der Waals surface area (Å²) in [5.41, 5.74) is 0.720. The number of amides is 2. The van der Waals surface area contributed by atoms with Crippen molar-refractivity contribution < 1.29 is 14.3 Å². The number of aliphatic imine (C=N–C) groups is 1. The van der Waals surface area contributed by atoms with Crippen LogP contribution in [0.25, 0.3) is 0 Å². The molecule has 0 fully saturated rings. The van der Waals surface area contributed by atoms with Gasteiger partial charge in [0.25, 0.3) is 5.91 Å². The minimum Gasteiger partial charge on any atom is -0.444 e. The van der Waals surface area contributed by atoms with Crippen LogP contribution in [0.4, 0.5) is 4.79 Å². The Labute approximate surface area is 186 Å². The Bertz CT molecular complexity index is 752. The normalized spacial score (nSPS) is 12.2. The van der Waals surface area contributed by atoms with E-state index in [1.54, 1.807) is 20.2 Å². The molecule has 2 amide bonds. The summed E-state index contributed by atoms with van der Waals surface area (Å²) in [7, 11) is 3.33. The molecule has 8 heteroatoms. The van der Waals surface area contributed by atoms with Crippen LogP contribution in [0.3, 0.4) is 0 Å². The number of carbonyl (C=O) groups is 2. The van der Waals surface area contributed by atoms with Crippen molar-refractivity contribution in [1.82, 2.24) is 21.3 Å². The number of hydrogen-bond acceptors (Lipinski definition) is 4. The van der Waals surface area contributed by atoms with Gasteiger partial charge in [0, 0.05) is 32.7 Å². The number of ether oxygens (including phenoxy) is 1. The number of carbonyl (C=O) groups excluding carboxylic acids is 2. The molecule has 0 heterocycles. The van der Waals surface area contributed by atoms with Crippen LogP contribution in [-0.2, 0) is 11.2 Å². The Morgan fingerprint density at radius 1 is 1.10 bits per heavy atom. The maximum Gasteiger partial charge on any atom is 0.408 e. The highest BCUT2D eigenvalue weighted by atomic mass is 16.6. The van der Waals surface area contributed by atoms with Crippen LogP contribution >= 0.6 is 0 Å². The van der Waals surface area contributed by atoms with E-state index in [0.717, 1.165) is 24.8 Å². The predicted molar refractivity (Wildman–Crippen MR) is 126 cm³/mol. The molecule has 0 saturated carbocycles. The van der Waals surface area contributed by atoms with E-state index >= 15 is 0 Å². The molecule has 0 saturated heterocycles. The van der Waals surface area contributed by atoms with Crippen molar-refractivity contribution in [3.8, 4) is 0 Å². The zero-order valence-corrected chi connectivity index (χ0v) is 20.0. The van der Waals surface area contributed by atoms with E-state index in [1.165, 1.54) is 0 Å². The van der Waals surface area contributed by atoms with Gasteiger partial charge in [-0.3, -0.25) is 9.79 Å². The Morgan fingerprint density at radius 2 is 1.77 bits per heavy atom. The van der Waals surface area contributed by atoms with Gasteiger partial charge >= 0.3 is 6.09 Å². The number of nitrogens with one attached hydrogen (secondary N) is 4. The second kappa shape index (κ2) is 12.2. The largest absolute Gasteiger partial charge is 0.444 e. The molecule has 0 aliphatic carbocycles. The third kappa shape index (κ3) is 9.27. The molecule has 174 valence electrons. The molecule has 0 atom stereocenters. The maximum absolute atomic E-state index is 12.3. The summed E-state index contributed by atoms with van der Waals surface area (Å²) < 4.78 is 5.43. The van der Waals surface area contributed by atoms with Crippen molar-refractivity contribution in [1.29, 1.82) is 0 Å². The van der Waals surface area contributed by atoms with E-state index in [9.17, 15) is 9.59 Å². The average molecular weight is 434 g/mol. The maximum atomic E-state index is 12.3. The highest BCUT2D eigenvalue weighted by Crippen LogP contribution is 2.16. The summed E-state index contributed by atoms with van der Waals surface area (Å²) >= 11 is 0. The van der Waals surface area contributed by atoms with E-state index in [1.807, 2.05) is 52.8 Å². The van der Waals surface area contributed by atoms with E-state index in [2.05, 4.69) is 26.3 Å². The third-order valence-corrected chi connectivity index (χ3v) is 5.06. The minimum atomic E-state index is -0.544. The summed E-state index contributed by atoms with van der Waals surface area (Å²) in [6.45, 7) is 10.8. The number of nitrogens with zero attached hydrogens (tertiary/aromatic N) is 1. The van der Waals surface area contributed by atoms with Gasteiger partial charge in [-0.15, -0.1) is 0 Å². The fourth-order valence-corrected chi connectivity index (χ4v) is 3.05. The minimum absolute atomic E-state index is 0.0970. The van der Waals surface area contributed by atoms with Crippen molar-refractivity contribution in [2.45, 2.75) is 65.0 Å². The quantitative estimate of drug-likeness (QED) is 0.354. The topological polar surface area (TPSA) is 104 Å². The standard InChI is InChI=1S/C23H39N5O3/c1-8-23(9-2,28-21(30)31-22(3,4)5)16-27-20(25-7)26-14-13-17-11-10-12-18(15-17)19(29)24-6/h10-12,15H,8-9,13-14,16H2,1-7H3,(H,24,29)(H,28,30)(H2,25,26,27). The molecule has 1 aromatic rings. The Kier molecular flexibility index (Phi) is 10.3. The SMILES string of the molecule is CCC(CC)(CNC(=NC)NCCc1cccc(C(=O)NC)c1)NC(=O)OC(C)(C)C. The molecule has 0 spiro atoms. The van der Waals surface area contributed by atoms with Gasteiger partial charge in [0.1, 0.15) is 5.60 Å². The van der Waals surface area contributed by atoms with Crippen molar-refractivity contribution in [3.63, 3.8) is 0 Å². The predicted octanol–water partition coefficient (Wildman–Crippen LogP) is 2.84. The molecular formula is C23H39N5O3. The number of guanidine groups is 1. The van der Waals surface area contributed by atoms with Gasteiger partial charge in [0.15, 0.2) is 5.96 Å². The summed E-state index contributed by atoms with van der Waals surface area (Å²) in [6.07, 6.45) is 1.82. The van der Waals surface area contributed by atoms with E-state index < -0.39 is 17.2 Å². The number of hydrogen-bond donors (Lipinski definition) is 4. The summed E-state index contributed by atoms with van der Waals surface area (Å²) in [6, 6.07) is 7.56. The van der Waals surface area contributed by atoms with Gasteiger partial charge in [-0.2, -0.15) is 0 Å². The van der Waals surface area contributed by atoms with Gasteiger partial charge in [-0.05, 0) is 57.7 Å². The summed E-state index contributed by atoms with van der Waals surface area (Å²) in [5.74, 6) is 0.556. The smallest absolute Gasteiger partial charge is 0.408 e. The lowest BCUT2D eigenvalue weighted by atomic mass is 9.93. The fourth-order valence-electron chi connectivity index (χ4n) is 3.05. The molecule has 8 nitrogen and oxygen atoms in total. The molecule has 0 aliphatic rings. The molecule has 0 bridgehead atoms. The van der Waals surface area contributed by atoms with Gasteiger partial charge in [-0.25, -0.2) is 4.79 Å². The second-order valence-electron chi connectivity index (χ2n) is 8.50. The van der Waals surface area contributed by atoms with Crippen LogP contribution in [0, 0.1) is 0 Å². The first-order valence-corrected chi connectivity index (χ1v) is 10.8. The van der Waals surface area contributed by atoms with E-state index in [4.69, 9.17) is 4.74 Å². The molecular weight excluding hydrogens is 394 g/mol. The molecule has 4 N–H and O–H groups in total. The average Bonchev–Trinajstić information content (AvgIpc) is 2.73. The van der Waals surface area contributed by atoms with Gasteiger partial charge in [0.05, 0.1) is 5.54 Å². The van der Waals surface area contributed by atoms with Gasteiger partial charge in [0.2, 0.25) is 0 Å². The van der Waals surface area contributed by atoms with Crippen molar-refractivity contribution in [2.75, 3.05) is 27.2 Å². The van der Waals surface area contributed by atoms with Crippen LogP contribution in [0.2, 0.25) is 0 Å². The van der Waals surface area contributed by atoms with Crippen LogP contribution in [0.1, 0.15) is 63.4 Å². The van der Waals surface area contributed by atoms with Crippen LogP contribution in [0.15, 0.2) is 29.3 Å². The Morgan fingerprint density at radius 3 is 2.32 bits per heavy atom. The highest BCUT2D eigenvalue weighted by Gasteiger charge is 2.30. The van der Waals surface area contributed by atoms with Crippen molar-refractivity contribution >= 4 is 18.0 Å². The molecule has 0 aliphatic heterocycles. The van der Waals surface area contributed by atoms with Crippen molar-refractivity contribution in [3.05, 3.63) is 35.4 Å². The number of alkyl carbamates (subject to hydrolysis) is 1. The monoisotopic (exact) mass is 433 g/mol. The lowest BCUT2D eigenvalue weighted by Gasteiger charge is -2.34. The van der Waals surface area contributed by atoms with Crippen LogP contribution < -0.4 is 21.3 Å². The fraction of sp³-hybridized carbons (Fsp3) is 0.609. The van der Waals surface area contributed by atoms with Gasteiger partial charge < -0.3 is 26.0 Å². The molecule has 31 heavy (non-hydrogen) atoms. The van der Waals surface area contributed by atoms with Crippen LogP contribution in [0.5, 0.6) is 0 Å². The van der Waals surface area contributed by atoms with Gasteiger partial charge in [-0.1, -0.05) is 26.0 Å². The van der Waals surface area contributed by atoms with E-state index in [-0.39, 0.29) is 5.91 Å². The first kappa shape index (κ1) is 26.3. The highest BCUT2D eigenvalue weighted by molar-refractivity contribution is 5.94. The van der Waals surface area contributed by atoms with E-state index in [0.29, 0.717) is 24.6 Å². The molecule has 1 rings (SSSR count). The zero-order valence-electron chi connectivity index (χ0n) is 20.0. The summed E-state index contributed by atoms with van der Waals surface area (Å²) in [5, 5.41) is 12.3. The zero-order chi connectivity index (χ0) is 23.5. The summed E-state index contributed by atoms with van der Waals surface area (Å²) in [4.78, 5) is 28.4. The molecule has 0 unspecified atom stereocenters. The first-order valence-electron chi connectivity index (χ1n) is 10.8. The Hall–Kier alpha value is -2.77. The molecule has 1 aromatic carbocycles. The van der Waals surface area contributed by atoms with Crippen LogP contribution in [-0.4, -0.2) is 56.3 Å². The number of rotatable bonds is 9.